The number of aliphatic hydroxyl groups excluding tert-OH is 5. The summed E-state index contributed by atoms with van der Waals surface area (Å²) in [4.78, 5) is 0. The Balaban J connectivity index is 2.44. The molecular formula is C21H34O9. The van der Waals surface area contributed by atoms with Crippen LogP contribution < -0.4 is 0 Å². The Labute approximate surface area is 177 Å². The molecule has 0 aliphatic rings. The molecular weight excluding hydrogens is 396 g/mol. The lowest BCUT2D eigenvalue weighted by Crippen LogP contribution is -2.34. The van der Waals surface area contributed by atoms with Crippen molar-refractivity contribution in [3.8, 4) is 0 Å². The summed E-state index contributed by atoms with van der Waals surface area (Å²) in [6.45, 7) is 3.04. The Morgan fingerprint density at radius 3 is 1.80 bits per heavy atom. The molecule has 0 aromatic heterocycles. The van der Waals surface area contributed by atoms with Gasteiger partial charge < -0.3 is 44.5 Å². The highest BCUT2D eigenvalue weighted by atomic mass is 16.6. The fraction of sp³-hybridized carbons (Fsp3) is 0.619. The van der Waals surface area contributed by atoms with E-state index in [4.69, 9.17) is 29.2 Å². The molecule has 0 aliphatic heterocycles. The van der Waals surface area contributed by atoms with Gasteiger partial charge in [-0.2, -0.15) is 0 Å². The van der Waals surface area contributed by atoms with Crippen LogP contribution in [0.2, 0.25) is 0 Å². The predicted octanol–water partition coefficient (Wildman–Crippen LogP) is -0.668. The van der Waals surface area contributed by atoms with Crippen LogP contribution >= 0.6 is 0 Å². The molecule has 0 radical (unpaired) electrons. The Morgan fingerprint density at radius 1 is 0.733 bits per heavy atom. The third kappa shape index (κ3) is 11.7. The van der Waals surface area contributed by atoms with E-state index >= 15 is 0 Å². The topological polar surface area (TPSA) is 138 Å². The minimum absolute atomic E-state index is 0.0417. The fourth-order valence-electron chi connectivity index (χ4n) is 2.29. The molecule has 0 heterocycles. The van der Waals surface area contributed by atoms with Crippen molar-refractivity contribution in [3.05, 3.63) is 42.0 Å². The number of aliphatic hydroxyl groups is 5. The summed E-state index contributed by atoms with van der Waals surface area (Å²) < 4.78 is 22.0. The zero-order chi connectivity index (χ0) is 22.2. The molecule has 1 rings (SSSR count). The summed E-state index contributed by atoms with van der Waals surface area (Å²) in [5, 5.41) is 45.8. The molecule has 0 spiro atoms. The van der Waals surface area contributed by atoms with Gasteiger partial charge in [-0.1, -0.05) is 36.9 Å². The van der Waals surface area contributed by atoms with Crippen molar-refractivity contribution in [2.45, 2.75) is 31.0 Å². The first kappa shape index (κ1) is 26.6. The molecule has 0 bridgehead atoms. The highest BCUT2D eigenvalue weighted by Crippen LogP contribution is 2.08. The maximum absolute atomic E-state index is 9.49. The van der Waals surface area contributed by atoms with E-state index in [0.29, 0.717) is 6.61 Å². The monoisotopic (exact) mass is 430 g/mol. The Bertz CT molecular complexity index is 552. The first-order valence-electron chi connectivity index (χ1n) is 9.81. The van der Waals surface area contributed by atoms with E-state index in [1.807, 2.05) is 24.3 Å². The van der Waals surface area contributed by atoms with E-state index in [-0.39, 0.29) is 39.6 Å². The molecule has 5 N–H and O–H groups in total. The quantitative estimate of drug-likeness (QED) is 0.205. The van der Waals surface area contributed by atoms with Crippen molar-refractivity contribution in [2.75, 3.05) is 52.9 Å². The van der Waals surface area contributed by atoms with Gasteiger partial charge in [0.25, 0.3) is 0 Å². The van der Waals surface area contributed by atoms with Crippen molar-refractivity contribution in [1.29, 1.82) is 0 Å². The van der Waals surface area contributed by atoms with Crippen LogP contribution in [0.5, 0.6) is 0 Å². The molecule has 4 unspecified atom stereocenters. The van der Waals surface area contributed by atoms with Crippen LogP contribution in [0.15, 0.2) is 30.8 Å². The van der Waals surface area contributed by atoms with E-state index in [9.17, 15) is 15.3 Å². The van der Waals surface area contributed by atoms with Gasteiger partial charge in [0.15, 0.2) is 0 Å². The smallest absolute Gasteiger partial charge is 0.104 e. The molecule has 0 saturated heterocycles. The number of rotatable bonds is 18. The second-order valence-electron chi connectivity index (χ2n) is 6.76. The largest absolute Gasteiger partial charge is 0.394 e. The third-order valence-electron chi connectivity index (χ3n) is 4.07. The van der Waals surface area contributed by atoms with Gasteiger partial charge in [0.1, 0.15) is 24.4 Å². The molecule has 1 aromatic carbocycles. The van der Waals surface area contributed by atoms with Gasteiger partial charge in [0.05, 0.1) is 59.5 Å². The van der Waals surface area contributed by atoms with Crippen LogP contribution in [0.4, 0.5) is 0 Å². The highest BCUT2D eigenvalue weighted by molar-refractivity contribution is 5.47. The van der Waals surface area contributed by atoms with Gasteiger partial charge in [-0.25, -0.2) is 0 Å². The van der Waals surface area contributed by atoms with Crippen molar-refractivity contribution in [1.82, 2.24) is 0 Å². The summed E-state index contributed by atoms with van der Waals surface area (Å²) in [7, 11) is 0. The average Bonchev–Trinajstić information content (AvgIpc) is 2.78. The molecule has 1 aromatic rings. The number of ether oxygens (including phenoxy) is 4. The average molecular weight is 430 g/mol. The fourth-order valence-corrected chi connectivity index (χ4v) is 2.29. The van der Waals surface area contributed by atoms with Gasteiger partial charge in [0, 0.05) is 0 Å². The first-order chi connectivity index (χ1) is 14.5. The normalized spacial score (nSPS) is 15.5. The SMILES string of the molecule is C=Cc1ccc(COCC(COCC(CO)OCC(O)CO)OCC(O)CO)cc1. The molecule has 0 amide bonds. The Hall–Kier alpha value is -1.40. The predicted molar refractivity (Wildman–Crippen MR) is 110 cm³/mol. The van der Waals surface area contributed by atoms with Gasteiger partial charge in [-0.3, -0.25) is 0 Å². The van der Waals surface area contributed by atoms with Gasteiger partial charge in [0.2, 0.25) is 0 Å². The van der Waals surface area contributed by atoms with E-state index < -0.39 is 37.6 Å². The molecule has 0 fully saturated rings. The summed E-state index contributed by atoms with van der Waals surface area (Å²) in [6.07, 6.45) is -1.46. The molecule has 9 heteroatoms. The van der Waals surface area contributed by atoms with Crippen molar-refractivity contribution >= 4 is 6.08 Å². The van der Waals surface area contributed by atoms with E-state index in [2.05, 4.69) is 6.58 Å². The van der Waals surface area contributed by atoms with Crippen LogP contribution in [-0.4, -0.2) is 103 Å². The molecule has 9 nitrogen and oxygen atoms in total. The molecule has 30 heavy (non-hydrogen) atoms. The lowest BCUT2D eigenvalue weighted by Gasteiger charge is -2.22. The number of benzene rings is 1. The zero-order valence-corrected chi connectivity index (χ0v) is 17.1. The van der Waals surface area contributed by atoms with E-state index in [0.717, 1.165) is 11.1 Å². The Morgan fingerprint density at radius 2 is 1.27 bits per heavy atom. The molecule has 172 valence electrons. The summed E-state index contributed by atoms with van der Waals surface area (Å²) >= 11 is 0. The van der Waals surface area contributed by atoms with Crippen LogP contribution in [0, 0.1) is 0 Å². The van der Waals surface area contributed by atoms with Gasteiger partial charge in [-0.15, -0.1) is 0 Å². The number of hydrogen-bond acceptors (Lipinski definition) is 9. The first-order valence-corrected chi connectivity index (χ1v) is 9.81. The van der Waals surface area contributed by atoms with Crippen LogP contribution in [0.1, 0.15) is 11.1 Å². The van der Waals surface area contributed by atoms with Crippen LogP contribution in [0.25, 0.3) is 6.08 Å². The maximum Gasteiger partial charge on any atom is 0.104 e. The molecule has 4 atom stereocenters. The van der Waals surface area contributed by atoms with Gasteiger partial charge in [-0.05, 0) is 11.1 Å². The van der Waals surface area contributed by atoms with Crippen LogP contribution in [0.3, 0.4) is 0 Å². The second-order valence-corrected chi connectivity index (χ2v) is 6.76. The minimum atomic E-state index is -1.02. The summed E-state index contributed by atoms with van der Waals surface area (Å²) in [5.74, 6) is 0. The maximum atomic E-state index is 9.49. The summed E-state index contributed by atoms with van der Waals surface area (Å²) in [5.41, 5.74) is 1.99. The van der Waals surface area contributed by atoms with Crippen molar-refractivity contribution in [3.63, 3.8) is 0 Å². The van der Waals surface area contributed by atoms with Crippen molar-refractivity contribution < 1.29 is 44.5 Å². The second kappa shape index (κ2) is 16.3. The third-order valence-corrected chi connectivity index (χ3v) is 4.07. The van der Waals surface area contributed by atoms with Crippen molar-refractivity contribution in [2.24, 2.45) is 0 Å². The molecule has 0 aliphatic carbocycles. The lowest BCUT2D eigenvalue weighted by molar-refractivity contribution is -0.113. The zero-order valence-electron chi connectivity index (χ0n) is 17.1. The standard InChI is InChI=1S/C21H34O9/c1-2-16-3-5-17(6-4-16)10-27-14-21(30-12-19(26)8-23)15-28-13-20(9-24)29-11-18(25)7-22/h2-6,18-26H,1,7-15H2. The lowest BCUT2D eigenvalue weighted by atomic mass is 10.1. The van der Waals surface area contributed by atoms with Gasteiger partial charge >= 0.3 is 0 Å². The Kier molecular flexibility index (Phi) is 14.5. The molecule has 0 saturated carbocycles. The van der Waals surface area contributed by atoms with E-state index in [1.165, 1.54) is 0 Å². The summed E-state index contributed by atoms with van der Waals surface area (Å²) in [6, 6.07) is 7.73. The van der Waals surface area contributed by atoms with Crippen LogP contribution in [-0.2, 0) is 25.6 Å². The highest BCUT2D eigenvalue weighted by Gasteiger charge is 2.16. The van der Waals surface area contributed by atoms with E-state index in [1.54, 1.807) is 6.08 Å². The number of hydrogen-bond donors (Lipinski definition) is 5. The minimum Gasteiger partial charge on any atom is -0.394 e.